The fourth-order valence-corrected chi connectivity index (χ4v) is 4.25. The van der Waals surface area contributed by atoms with Crippen molar-refractivity contribution < 1.29 is 14.5 Å². The van der Waals surface area contributed by atoms with E-state index in [1.807, 2.05) is 30.3 Å². The van der Waals surface area contributed by atoms with E-state index in [0.29, 0.717) is 35.2 Å². The van der Waals surface area contributed by atoms with E-state index in [2.05, 4.69) is 5.32 Å². The van der Waals surface area contributed by atoms with E-state index in [0.717, 1.165) is 5.56 Å². The van der Waals surface area contributed by atoms with Gasteiger partial charge in [-0.25, -0.2) is 0 Å². The molecular formula is C22H20N2O4. The molecule has 1 heterocycles. The lowest BCUT2D eigenvalue weighted by Crippen LogP contribution is -2.38. The van der Waals surface area contributed by atoms with Gasteiger partial charge in [0, 0.05) is 41.7 Å². The molecule has 2 aromatic rings. The Morgan fingerprint density at radius 1 is 1.00 bits per heavy atom. The highest BCUT2D eigenvalue weighted by Crippen LogP contribution is 2.43. The lowest BCUT2D eigenvalue weighted by molar-refractivity contribution is -0.385. The van der Waals surface area contributed by atoms with Crippen molar-refractivity contribution in [2.45, 2.75) is 38.0 Å². The summed E-state index contributed by atoms with van der Waals surface area (Å²) >= 11 is 0. The van der Waals surface area contributed by atoms with Crippen LogP contribution in [0.1, 0.15) is 47.8 Å². The minimum Gasteiger partial charge on any atom is -0.329 e. The molecule has 0 spiro atoms. The first-order valence-corrected chi connectivity index (χ1v) is 9.30. The highest BCUT2D eigenvalue weighted by molar-refractivity contribution is 6.02. The van der Waals surface area contributed by atoms with Gasteiger partial charge in [0.1, 0.15) is 0 Å². The number of ketones is 1. The predicted octanol–water partition coefficient (Wildman–Crippen LogP) is 3.91. The molecule has 4 rings (SSSR count). The van der Waals surface area contributed by atoms with Gasteiger partial charge < -0.3 is 5.32 Å². The van der Waals surface area contributed by atoms with Crippen LogP contribution < -0.4 is 5.32 Å². The van der Waals surface area contributed by atoms with Crippen LogP contribution in [0.2, 0.25) is 0 Å². The summed E-state index contributed by atoms with van der Waals surface area (Å²) in [5.41, 5.74) is 3.55. The number of nitro groups is 1. The second-order valence-corrected chi connectivity index (χ2v) is 7.44. The number of nitro benzene ring substituents is 1. The Morgan fingerprint density at radius 2 is 1.75 bits per heavy atom. The average molecular weight is 376 g/mol. The highest BCUT2D eigenvalue weighted by Gasteiger charge is 2.38. The van der Waals surface area contributed by atoms with Gasteiger partial charge in [-0.05, 0) is 30.4 Å². The van der Waals surface area contributed by atoms with Gasteiger partial charge in [-0.2, -0.15) is 0 Å². The van der Waals surface area contributed by atoms with Gasteiger partial charge in [-0.1, -0.05) is 42.5 Å². The lowest BCUT2D eigenvalue weighted by atomic mass is 9.73. The molecule has 0 saturated heterocycles. The van der Waals surface area contributed by atoms with Crippen molar-refractivity contribution in [1.82, 2.24) is 5.32 Å². The van der Waals surface area contributed by atoms with Crippen LogP contribution in [0.5, 0.6) is 0 Å². The zero-order chi connectivity index (χ0) is 19.8. The highest BCUT2D eigenvalue weighted by atomic mass is 16.6. The Morgan fingerprint density at radius 3 is 2.46 bits per heavy atom. The maximum atomic E-state index is 13.0. The van der Waals surface area contributed by atoms with Crippen LogP contribution in [0, 0.1) is 17.0 Å². The maximum absolute atomic E-state index is 13.0. The Bertz CT molecular complexity index is 1010. The predicted molar refractivity (Wildman–Crippen MR) is 104 cm³/mol. The van der Waals surface area contributed by atoms with Gasteiger partial charge in [-0.15, -0.1) is 0 Å². The minimum absolute atomic E-state index is 0.00308. The normalized spacial score (nSPS) is 21.9. The second-order valence-electron chi connectivity index (χ2n) is 7.44. The molecule has 0 saturated carbocycles. The van der Waals surface area contributed by atoms with Crippen LogP contribution in [0.4, 0.5) is 5.69 Å². The lowest BCUT2D eigenvalue weighted by Gasteiger charge is -2.34. The summed E-state index contributed by atoms with van der Waals surface area (Å²) in [5, 5.41) is 14.2. The van der Waals surface area contributed by atoms with E-state index in [9.17, 15) is 19.7 Å². The number of rotatable bonds is 3. The largest absolute Gasteiger partial charge is 0.329 e. The van der Waals surface area contributed by atoms with Gasteiger partial charge in [0.15, 0.2) is 5.78 Å². The number of aryl methyl sites for hydroxylation is 1. The zero-order valence-corrected chi connectivity index (χ0v) is 15.5. The van der Waals surface area contributed by atoms with Crippen LogP contribution >= 0.6 is 0 Å². The fraction of sp³-hybridized carbons (Fsp3) is 0.273. The van der Waals surface area contributed by atoms with Crippen LogP contribution in [-0.2, 0) is 9.59 Å². The topological polar surface area (TPSA) is 89.3 Å². The molecule has 2 aliphatic rings. The van der Waals surface area contributed by atoms with Crippen molar-refractivity contribution in [3.8, 4) is 0 Å². The third-order valence-electron chi connectivity index (χ3n) is 5.64. The van der Waals surface area contributed by atoms with Crippen LogP contribution in [0.15, 0.2) is 59.8 Å². The van der Waals surface area contributed by atoms with Crippen molar-refractivity contribution in [3.05, 3.63) is 86.6 Å². The number of hydrogen-bond acceptors (Lipinski definition) is 4. The molecule has 6 nitrogen and oxygen atoms in total. The summed E-state index contributed by atoms with van der Waals surface area (Å²) in [6.45, 7) is 1.68. The number of amides is 1. The molecule has 1 aliphatic heterocycles. The van der Waals surface area contributed by atoms with E-state index < -0.39 is 10.8 Å². The van der Waals surface area contributed by atoms with Gasteiger partial charge in [0.2, 0.25) is 5.91 Å². The van der Waals surface area contributed by atoms with E-state index in [1.165, 1.54) is 6.07 Å². The van der Waals surface area contributed by atoms with Crippen molar-refractivity contribution in [2.24, 2.45) is 0 Å². The smallest absolute Gasteiger partial charge is 0.272 e. The second kappa shape index (κ2) is 7.03. The number of carbonyl (C=O) groups is 2. The molecule has 0 bridgehead atoms. The molecule has 1 aliphatic carbocycles. The van der Waals surface area contributed by atoms with Crippen LogP contribution in [-0.4, -0.2) is 16.6 Å². The molecule has 2 atom stereocenters. The van der Waals surface area contributed by atoms with Gasteiger partial charge in [-0.3, -0.25) is 19.7 Å². The van der Waals surface area contributed by atoms with Crippen LogP contribution in [0.25, 0.3) is 0 Å². The molecule has 0 aromatic heterocycles. The Hall–Kier alpha value is -3.28. The quantitative estimate of drug-likeness (QED) is 0.650. The number of Topliss-reactive ketones (excluding diaryl/α,β-unsaturated/α-hetero) is 1. The standard InChI is InChI=1S/C22H20N2O4/c1-13-7-8-15(10-19(13)24(27)28)17-12-21(26)23-18-9-16(11-20(25)22(17)18)14-5-3-2-4-6-14/h2-8,10,16-17H,9,11-12H2,1H3,(H,23,26). The summed E-state index contributed by atoms with van der Waals surface area (Å²) in [6.07, 6.45) is 1.09. The molecule has 2 unspecified atom stereocenters. The Labute approximate surface area is 162 Å². The van der Waals surface area contributed by atoms with Gasteiger partial charge in [0.05, 0.1) is 4.92 Å². The molecule has 1 N–H and O–H groups in total. The third kappa shape index (κ3) is 3.22. The first-order chi connectivity index (χ1) is 13.4. The average Bonchev–Trinajstić information content (AvgIpc) is 2.67. The van der Waals surface area contributed by atoms with Crippen molar-refractivity contribution >= 4 is 17.4 Å². The number of allylic oxidation sites excluding steroid dienone is 2. The van der Waals surface area contributed by atoms with E-state index >= 15 is 0 Å². The van der Waals surface area contributed by atoms with Crippen molar-refractivity contribution in [2.75, 3.05) is 0 Å². The van der Waals surface area contributed by atoms with E-state index in [-0.39, 0.29) is 29.7 Å². The van der Waals surface area contributed by atoms with E-state index in [1.54, 1.807) is 19.1 Å². The number of hydrogen-bond donors (Lipinski definition) is 1. The molecule has 6 heteroatoms. The zero-order valence-electron chi connectivity index (χ0n) is 15.5. The molecular weight excluding hydrogens is 356 g/mol. The van der Waals surface area contributed by atoms with Crippen molar-refractivity contribution in [1.29, 1.82) is 0 Å². The van der Waals surface area contributed by atoms with Gasteiger partial charge >= 0.3 is 0 Å². The summed E-state index contributed by atoms with van der Waals surface area (Å²) < 4.78 is 0. The SMILES string of the molecule is Cc1ccc(C2CC(=O)NC3=C2C(=O)CC(c2ccccc2)C3)cc1[N+](=O)[O-]. The Kier molecular flexibility index (Phi) is 4.55. The minimum atomic E-state index is -0.438. The van der Waals surface area contributed by atoms with Crippen molar-refractivity contribution in [3.63, 3.8) is 0 Å². The monoisotopic (exact) mass is 376 g/mol. The maximum Gasteiger partial charge on any atom is 0.272 e. The molecule has 2 aromatic carbocycles. The molecule has 142 valence electrons. The number of nitrogens with one attached hydrogen (secondary N) is 1. The molecule has 0 radical (unpaired) electrons. The van der Waals surface area contributed by atoms with Gasteiger partial charge in [0.25, 0.3) is 5.69 Å². The summed E-state index contributed by atoms with van der Waals surface area (Å²) in [6, 6.07) is 14.8. The first kappa shape index (κ1) is 18.1. The molecule has 1 amide bonds. The first-order valence-electron chi connectivity index (χ1n) is 9.30. The third-order valence-corrected chi connectivity index (χ3v) is 5.64. The summed E-state index contributed by atoms with van der Waals surface area (Å²) in [7, 11) is 0. The summed E-state index contributed by atoms with van der Waals surface area (Å²) in [4.78, 5) is 36.3. The number of carbonyl (C=O) groups excluding carboxylic acids is 2. The van der Waals surface area contributed by atoms with Crippen LogP contribution in [0.3, 0.4) is 0 Å². The summed E-state index contributed by atoms with van der Waals surface area (Å²) in [5.74, 6) is -0.567. The Balaban J connectivity index is 1.74. The number of nitrogens with zero attached hydrogens (tertiary/aromatic N) is 1. The number of benzene rings is 2. The van der Waals surface area contributed by atoms with E-state index in [4.69, 9.17) is 0 Å². The molecule has 0 fully saturated rings. The molecule has 28 heavy (non-hydrogen) atoms. The fourth-order valence-electron chi connectivity index (χ4n) is 4.25.